The second-order valence-electron chi connectivity index (χ2n) is 5.80. The summed E-state index contributed by atoms with van der Waals surface area (Å²) in [7, 11) is -3.47. The van der Waals surface area contributed by atoms with Crippen LogP contribution in [0.25, 0.3) is 0 Å². The molecule has 0 aromatic carbocycles. The maximum absolute atomic E-state index is 12.4. The Balaban J connectivity index is 2.04. The second-order valence-corrected chi connectivity index (χ2v) is 7.51. The molecular formula is C15H25N3O2S. The highest BCUT2D eigenvalue weighted by molar-refractivity contribution is 7.89. The van der Waals surface area contributed by atoms with Crippen LogP contribution in [0.5, 0.6) is 0 Å². The van der Waals surface area contributed by atoms with Crippen LogP contribution >= 0.6 is 0 Å². The molecule has 2 unspecified atom stereocenters. The van der Waals surface area contributed by atoms with Gasteiger partial charge in [0.25, 0.3) is 0 Å². The van der Waals surface area contributed by atoms with E-state index < -0.39 is 10.0 Å². The van der Waals surface area contributed by atoms with Crippen molar-refractivity contribution in [2.45, 2.75) is 56.9 Å². The Labute approximate surface area is 127 Å². The topological polar surface area (TPSA) is 71.1 Å². The predicted molar refractivity (Wildman–Crippen MR) is 84.8 cm³/mol. The molecule has 1 aromatic rings. The first kappa shape index (κ1) is 16.2. The van der Waals surface area contributed by atoms with E-state index in [0.29, 0.717) is 11.7 Å². The molecule has 21 heavy (non-hydrogen) atoms. The predicted octanol–water partition coefficient (Wildman–Crippen LogP) is 2.76. The van der Waals surface area contributed by atoms with Crippen molar-refractivity contribution < 1.29 is 8.42 Å². The summed E-state index contributed by atoms with van der Waals surface area (Å²) in [5, 5.41) is 3.14. The Kier molecular flexibility index (Phi) is 5.58. The van der Waals surface area contributed by atoms with E-state index in [0.717, 1.165) is 32.2 Å². The number of sulfonamides is 1. The first-order valence-electron chi connectivity index (χ1n) is 7.75. The van der Waals surface area contributed by atoms with Crippen LogP contribution in [-0.4, -0.2) is 26.0 Å². The Morgan fingerprint density at radius 1 is 1.29 bits per heavy atom. The largest absolute Gasteiger partial charge is 0.370 e. The summed E-state index contributed by atoms with van der Waals surface area (Å²) in [5.41, 5.74) is 0. The van der Waals surface area contributed by atoms with Gasteiger partial charge in [0.05, 0.1) is 0 Å². The SMILES string of the molecule is CCCNc1ccc(S(=O)(=O)NC2CCCCC2C)cn1. The molecule has 1 aromatic heterocycles. The van der Waals surface area contributed by atoms with Gasteiger partial charge in [-0.1, -0.05) is 26.7 Å². The van der Waals surface area contributed by atoms with Crippen LogP contribution < -0.4 is 10.0 Å². The molecule has 1 saturated carbocycles. The van der Waals surface area contributed by atoms with Gasteiger partial charge in [-0.05, 0) is 37.3 Å². The van der Waals surface area contributed by atoms with E-state index in [-0.39, 0.29) is 10.9 Å². The maximum atomic E-state index is 12.4. The van der Waals surface area contributed by atoms with E-state index in [1.165, 1.54) is 12.6 Å². The number of rotatable bonds is 6. The minimum absolute atomic E-state index is 0.0432. The molecule has 0 aliphatic heterocycles. The highest BCUT2D eigenvalue weighted by atomic mass is 32.2. The smallest absolute Gasteiger partial charge is 0.242 e. The van der Waals surface area contributed by atoms with Gasteiger partial charge in [-0.25, -0.2) is 18.1 Å². The van der Waals surface area contributed by atoms with E-state index in [4.69, 9.17) is 0 Å². The molecule has 0 radical (unpaired) electrons. The molecule has 2 N–H and O–H groups in total. The number of nitrogens with zero attached hydrogens (tertiary/aromatic N) is 1. The third-order valence-corrected chi connectivity index (χ3v) is 5.50. The first-order valence-corrected chi connectivity index (χ1v) is 9.23. The lowest BCUT2D eigenvalue weighted by Crippen LogP contribution is -2.41. The zero-order valence-corrected chi connectivity index (χ0v) is 13.6. The minimum atomic E-state index is -3.47. The number of hydrogen-bond acceptors (Lipinski definition) is 4. The molecule has 0 amide bonds. The van der Waals surface area contributed by atoms with Crippen molar-refractivity contribution >= 4 is 15.8 Å². The molecule has 118 valence electrons. The normalized spacial score (nSPS) is 23.0. The van der Waals surface area contributed by atoms with Gasteiger partial charge in [-0.2, -0.15) is 0 Å². The van der Waals surface area contributed by atoms with Gasteiger partial charge in [-0.15, -0.1) is 0 Å². The molecule has 1 heterocycles. The van der Waals surface area contributed by atoms with Crippen LogP contribution in [0.3, 0.4) is 0 Å². The lowest BCUT2D eigenvalue weighted by atomic mass is 9.87. The molecule has 0 saturated heterocycles. The van der Waals surface area contributed by atoms with Crippen molar-refractivity contribution in [2.24, 2.45) is 5.92 Å². The highest BCUT2D eigenvalue weighted by Crippen LogP contribution is 2.25. The third kappa shape index (κ3) is 4.41. The van der Waals surface area contributed by atoms with Crippen LogP contribution in [-0.2, 0) is 10.0 Å². The van der Waals surface area contributed by atoms with Gasteiger partial charge in [0, 0.05) is 18.8 Å². The molecule has 5 nitrogen and oxygen atoms in total. The molecule has 2 atom stereocenters. The number of anilines is 1. The number of nitrogens with one attached hydrogen (secondary N) is 2. The van der Waals surface area contributed by atoms with E-state index in [2.05, 4.69) is 28.9 Å². The zero-order chi connectivity index (χ0) is 15.3. The Hall–Kier alpha value is -1.14. The lowest BCUT2D eigenvalue weighted by molar-refractivity contribution is 0.310. The Morgan fingerprint density at radius 2 is 2.05 bits per heavy atom. The quantitative estimate of drug-likeness (QED) is 0.847. The number of aromatic nitrogens is 1. The van der Waals surface area contributed by atoms with Crippen LogP contribution in [0.1, 0.15) is 46.0 Å². The fourth-order valence-electron chi connectivity index (χ4n) is 2.66. The molecule has 1 aliphatic carbocycles. The van der Waals surface area contributed by atoms with Crippen molar-refractivity contribution in [3.63, 3.8) is 0 Å². The van der Waals surface area contributed by atoms with Gasteiger partial charge in [0.1, 0.15) is 10.7 Å². The highest BCUT2D eigenvalue weighted by Gasteiger charge is 2.26. The van der Waals surface area contributed by atoms with Gasteiger partial charge < -0.3 is 5.32 Å². The van der Waals surface area contributed by atoms with Crippen molar-refractivity contribution in [1.29, 1.82) is 0 Å². The Bertz CT molecular complexity index is 543. The van der Waals surface area contributed by atoms with E-state index in [1.807, 2.05) is 0 Å². The van der Waals surface area contributed by atoms with E-state index in [9.17, 15) is 8.42 Å². The maximum Gasteiger partial charge on any atom is 0.242 e. The van der Waals surface area contributed by atoms with Gasteiger partial charge in [-0.3, -0.25) is 0 Å². The van der Waals surface area contributed by atoms with Crippen LogP contribution in [0.2, 0.25) is 0 Å². The summed E-state index contributed by atoms with van der Waals surface area (Å²) in [5.74, 6) is 1.11. The second kappa shape index (κ2) is 7.22. The van der Waals surface area contributed by atoms with Crippen LogP contribution in [0.4, 0.5) is 5.82 Å². The number of hydrogen-bond donors (Lipinski definition) is 2. The number of pyridine rings is 1. The summed E-state index contributed by atoms with van der Waals surface area (Å²) in [6, 6.07) is 3.37. The standard InChI is InChI=1S/C15H25N3O2S/c1-3-10-16-15-9-8-13(11-17-15)21(19,20)18-14-7-5-4-6-12(14)2/h8-9,11-12,14,18H,3-7,10H2,1-2H3,(H,16,17). The van der Waals surface area contributed by atoms with Gasteiger partial charge in [0.15, 0.2) is 0 Å². The average molecular weight is 311 g/mol. The van der Waals surface area contributed by atoms with E-state index >= 15 is 0 Å². The monoisotopic (exact) mass is 311 g/mol. The van der Waals surface area contributed by atoms with Crippen LogP contribution in [0.15, 0.2) is 23.2 Å². The lowest BCUT2D eigenvalue weighted by Gasteiger charge is -2.29. The summed E-state index contributed by atoms with van der Waals surface area (Å²) >= 11 is 0. The zero-order valence-electron chi connectivity index (χ0n) is 12.8. The summed E-state index contributed by atoms with van der Waals surface area (Å²) in [6.45, 7) is 5.01. The van der Waals surface area contributed by atoms with Crippen LogP contribution in [0, 0.1) is 5.92 Å². The average Bonchev–Trinajstić information content (AvgIpc) is 2.48. The molecule has 0 spiro atoms. The third-order valence-electron chi connectivity index (χ3n) is 4.02. The van der Waals surface area contributed by atoms with Crippen molar-refractivity contribution in [3.8, 4) is 0 Å². The molecule has 2 rings (SSSR count). The van der Waals surface area contributed by atoms with Crippen molar-refractivity contribution in [1.82, 2.24) is 9.71 Å². The van der Waals surface area contributed by atoms with E-state index in [1.54, 1.807) is 12.1 Å². The minimum Gasteiger partial charge on any atom is -0.370 e. The molecule has 1 aliphatic rings. The molecule has 0 bridgehead atoms. The summed E-state index contributed by atoms with van der Waals surface area (Å²) in [6.07, 6.45) is 6.72. The first-order chi connectivity index (χ1) is 10.0. The molecule has 6 heteroatoms. The summed E-state index contributed by atoms with van der Waals surface area (Å²) in [4.78, 5) is 4.40. The molecular weight excluding hydrogens is 286 g/mol. The Morgan fingerprint density at radius 3 is 2.67 bits per heavy atom. The molecule has 1 fully saturated rings. The van der Waals surface area contributed by atoms with Crippen molar-refractivity contribution in [3.05, 3.63) is 18.3 Å². The fraction of sp³-hybridized carbons (Fsp3) is 0.667. The van der Waals surface area contributed by atoms with Crippen molar-refractivity contribution in [2.75, 3.05) is 11.9 Å². The summed E-state index contributed by atoms with van der Waals surface area (Å²) < 4.78 is 27.6. The van der Waals surface area contributed by atoms with Gasteiger partial charge in [0.2, 0.25) is 10.0 Å². The van der Waals surface area contributed by atoms with Gasteiger partial charge >= 0.3 is 0 Å². The fourth-order valence-corrected chi connectivity index (χ4v) is 3.98.